The van der Waals surface area contributed by atoms with Gasteiger partial charge in [-0.3, -0.25) is 9.78 Å². The van der Waals surface area contributed by atoms with Gasteiger partial charge in [0.15, 0.2) is 0 Å². The van der Waals surface area contributed by atoms with Crippen molar-refractivity contribution in [1.82, 2.24) is 19.9 Å². The van der Waals surface area contributed by atoms with Gasteiger partial charge in [-0.2, -0.15) is 0 Å². The summed E-state index contributed by atoms with van der Waals surface area (Å²) in [4.78, 5) is 31.1. The largest absolute Gasteiger partial charge is 0.573 e. The van der Waals surface area contributed by atoms with E-state index in [0.29, 0.717) is 48.6 Å². The molecule has 43 heavy (non-hydrogen) atoms. The van der Waals surface area contributed by atoms with Crippen LogP contribution < -0.4 is 20.9 Å². The van der Waals surface area contributed by atoms with Crippen LogP contribution in [-0.4, -0.2) is 45.5 Å². The zero-order valence-electron chi connectivity index (χ0n) is 22.6. The molecule has 6 rings (SSSR count). The first-order valence-corrected chi connectivity index (χ1v) is 13.6. The van der Waals surface area contributed by atoms with Crippen molar-refractivity contribution in [2.75, 3.05) is 18.0 Å². The van der Waals surface area contributed by atoms with Crippen molar-refractivity contribution in [3.05, 3.63) is 92.1 Å². The fourth-order valence-electron chi connectivity index (χ4n) is 5.14. The van der Waals surface area contributed by atoms with Crippen LogP contribution in [-0.2, 0) is 11.3 Å². The molecule has 0 unspecified atom stereocenters. The van der Waals surface area contributed by atoms with Crippen LogP contribution in [0.5, 0.6) is 5.75 Å². The van der Waals surface area contributed by atoms with Crippen molar-refractivity contribution in [3.8, 4) is 22.7 Å². The summed E-state index contributed by atoms with van der Waals surface area (Å²) in [6.45, 7) is 8.58. The van der Waals surface area contributed by atoms with E-state index in [0.717, 1.165) is 23.2 Å². The monoisotopic (exact) mass is 594 g/mol. The number of halogens is 3. The van der Waals surface area contributed by atoms with E-state index in [1.807, 2.05) is 12.1 Å². The van der Waals surface area contributed by atoms with Crippen LogP contribution in [0.3, 0.4) is 0 Å². The van der Waals surface area contributed by atoms with Gasteiger partial charge < -0.3 is 23.7 Å². The van der Waals surface area contributed by atoms with Gasteiger partial charge in [-0.25, -0.2) is 4.79 Å². The number of piperidine rings is 1. The van der Waals surface area contributed by atoms with Crippen LogP contribution in [0.2, 0.25) is 0 Å². The summed E-state index contributed by atoms with van der Waals surface area (Å²) in [5, 5.41) is 7.96. The van der Waals surface area contributed by atoms with E-state index in [2.05, 4.69) is 29.7 Å². The Hall–Kier alpha value is -4.90. The van der Waals surface area contributed by atoms with Crippen molar-refractivity contribution in [3.63, 3.8) is 0 Å². The Morgan fingerprint density at radius 1 is 1.02 bits per heavy atom. The second-order valence-electron chi connectivity index (χ2n) is 10.3. The molecule has 0 spiro atoms. The van der Waals surface area contributed by atoms with Crippen LogP contribution >= 0.6 is 0 Å². The summed E-state index contributed by atoms with van der Waals surface area (Å²) in [5.41, 5.74) is 0.889. The molecule has 2 aromatic carbocycles. The third-order valence-electron chi connectivity index (χ3n) is 7.42. The predicted octanol–water partition coefficient (Wildman–Crippen LogP) is 5.09. The van der Waals surface area contributed by atoms with E-state index in [1.54, 1.807) is 18.2 Å². The summed E-state index contributed by atoms with van der Waals surface area (Å²) in [7, 11) is 0. The molecule has 4 aromatic rings. The second-order valence-corrected chi connectivity index (χ2v) is 10.3. The van der Waals surface area contributed by atoms with Gasteiger partial charge >= 0.3 is 17.9 Å². The molecule has 0 radical (unpaired) electrons. The lowest BCUT2D eigenvalue weighted by Crippen LogP contribution is -2.37. The molecular formula is C29H25F3N6O5. The number of aromatic amines is 1. The number of rotatable bonds is 8. The van der Waals surface area contributed by atoms with Gasteiger partial charge in [0.05, 0.1) is 18.4 Å². The molecule has 2 fully saturated rings. The quantitative estimate of drug-likeness (QED) is 0.280. The third kappa shape index (κ3) is 6.17. The first kappa shape index (κ1) is 28.2. The Labute approximate surface area is 242 Å². The van der Waals surface area contributed by atoms with Gasteiger partial charge in [-0.05, 0) is 67.2 Å². The Morgan fingerprint density at radius 3 is 2.40 bits per heavy atom. The first-order chi connectivity index (χ1) is 20.7. The number of aromatic nitrogens is 4. The van der Waals surface area contributed by atoms with Crippen LogP contribution in [0.15, 0.2) is 62.6 Å². The van der Waals surface area contributed by atoms with Crippen LogP contribution in [0.4, 0.5) is 24.7 Å². The molecule has 0 amide bonds. The first-order valence-electron chi connectivity index (χ1n) is 13.6. The van der Waals surface area contributed by atoms with E-state index in [4.69, 9.17) is 15.8 Å². The molecule has 0 atom stereocenters. The van der Waals surface area contributed by atoms with Gasteiger partial charge in [-0.15, -0.1) is 17.9 Å². The van der Waals surface area contributed by atoms with E-state index in [1.165, 1.54) is 18.2 Å². The van der Waals surface area contributed by atoms with E-state index < -0.39 is 23.4 Å². The molecule has 1 saturated heterocycles. The molecule has 1 N–H and O–H groups in total. The Balaban J connectivity index is 1.12. The molecule has 11 nitrogen and oxygen atoms in total. The van der Waals surface area contributed by atoms with Crippen molar-refractivity contribution in [1.29, 1.82) is 0 Å². The molecule has 0 bridgehead atoms. The number of H-pyrrole nitrogens is 1. The number of hydrogen-bond donors (Lipinski definition) is 1. The van der Waals surface area contributed by atoms with E-state index in [9.17, 15) is 22.8 Å². The minimum Gasteiger partial charge on any atom is -0.405 e. The topological polar surface area (TPSA) is 120 Å². The zero-order valence-corrected chi connectivity index (χ0v) is 22.6. The maximum Gasteiger partial charge on any atom is 0.573 e. The number of hydrogen-bond acceptors (Lipinski definition) is 8. The van der Waals surface area contributed by atoms with Crippen LogP contribution in [0.1, 0.15) is 42.9 Å². The molecular weight excluding hydrogens is 569 g/mol. The molecule has 3 heterocycles. The lowest BCUT2D eigenvalue weighted by atomic mass is 10.0. The Kier molecular flexibility index (Phi) is 7.49. The zero-order chi connectivity index (χ0) is 30.1. The molecule has 222 valence electrons. The predicted molar refractivity (Wildman–Crippen MR) is 147 cm³/mol. The van der Waals surface area contributed by atoms with E-state index >= 15 is 0 Å². The summed E-state index contributed by atoms with van der Waals surface area (Å²) in [6, 6.07) is 12.9. The number of ether oxygens (including phenoxy) is 2. The molecule has 1 aliphatic heterocycles. The normalized spacial score (nSPS) is 15.8. The average Bonchev–Trinajstić information content (AvgIpc) is 3.75. The van der Waals surface area contributed by atoms with Gasteiger partial charge in [0.2, 0.25) is 0 Å². The number of alkyl halides is 3. The van der Waals surface area contributed by atoms with E-state index in [-0.39, 0.29) is 29.9 Å². The lowest BCUT2D eigenvalue weighted by molar-refractivity contribution is -0.274. The molecule has 2 aromatic heterocycles. The van der Waals surface area contributed by atoms with Crippen molar-refractivity contribution in [2.24, 2.45) is 0 Å². The highest BCUT2D eigenvalue weighted by Gasteiger charge is 2.36. The second kappa shape index (κ2) is 11.4. The summed E-state index contributed by atoms with van der Waals surface area (Å²) >= 11 is 0. The number of nitrogens with zero attached hydrogens (tertiary/aromatic N) is 5. The maximum absolute atomic E-state index is 13.0. The van der Waals surface area contributed by atoms with Gasteiger partial charge in [-0.1, -0.05) is 23.9 Å². The minimum absolute atomic E-state index is 0.0806. The molecule has 1 saturated carbocycles. The van der Waals surface area contributed by atoms with Crippen LogP contribution in [0.25, 0.3) is 21.8 Å². The summed E-state index contributed by atoms with van der Waals surface area (Å²) in [6.07, 6.45) is -1.65. The number of anilines is 1. The molecule has 1 aliphatic carbocycles. The number of nitrogens with one attached hydrogen (secondary N) is 1. The van der Waals surface area contributed by atoms with Crippen molar-refractivity contribution in [2.45, 2.75) is 50.7 Å². The van der Waals surface area contributed by atoms with Crippen LogP contribution in [0, 0.1) is 6.57 Å². The van der Waals surface area contributed by atoms with Gasteiger partial charge in [0.25, 0.3) is 5.56 Å². The van der Waals surface area contributed by atoms with Gasteiger partial charge in [0, 0.05) is 35.8 Å². The van der Waals surface area contributed by atoms with Crippen molar-refractivity contribution < 1.29 is 27.2 Å². The average molecular weight is 595 g/mol. The minimum atomic E-state index is -4.84. The number of benzene rings is 2. The highest BCUT2D eigenvalue weighted by molar-refractivity contribution is 5.70. The summed E-state index contributed by atoms with van der Waals surface area (Å²) < 4.78 is 56.2. The Morgan fingerprint density at radius 2 is 1.72 bits per heavy atom. The maximum atomic E-state index is 13.0. The highest BCUT2D eigenvalue weighted by atomic mass is 19.4. The lowest BCUT2D eigenvalue weighted by Gasteiger charge is -2.33. The standard InChI is InChI=1S/C29H25F3N6O5/c1-33-26-27(39)34-28(40)38(35-26)19-10-8-18(9-11-19)37-14-12-20(13-15-37)41-16-22-24(36-43-25(22)17-6-7-17)21-4-2-3-5-23(21)42-29(30,31)32/h2-5,8-11,17,20H,6-7,12-16H2,(H,34,39,40). The molecule has 2 aliphatic rings. The SMILES string of the molecule is [C-]#[N+]c1nn(-c2ccc(N3CCC(OCc4c(-c5ccccc5OC(F)(F)F)noc4C4CC4)CC3)cc2)c(=O)[nH]c1=O. The Bertz CT molecular complexity index is 1780. The third-order valence-corrected chi connectivity index (χ3v) is 7.42. The van der Waals surface area contributed by atoms with Crippen molar-refractivity contribution >= 4 is 11.5 Å². The fraction of sp³-hybridized carbons (Fsp3) is 0.345. The summed E-state index contributed by atoms with van der Waals surface area (Å²) in [5.74, 6) is 0.0517. The smallest absolute Gasteiger partial charge is 0.405 e. The number of para-hydroxylation sites is 1. The molecule has 14 heteroatoms. The van der Waals surface area contributed by atoms with Gasteiger partial charge in [0.1, 0.15) is 17.2 Å². The highest BCUT2D eigenvalue weighted by Crippen LogP contribution is 2.45. The fourth-order valence-corrected chi connectivity index (χ4v) is 5.14.